The van der Waals surface area contributed by atoms with E-state index in [1.807, 2.05) is 0 Å². The third kappa shape index (κ3) is 6.09. The minimum absolute atomic E-state index is 0. The third-order valence-electron chi connectivity index (χ3n) is 4.75. The Morgan fingerprint density at radius 2 is 1.78 bits per heavy atom. The van der Waals surface area contributed by atoms with Crippen LogP contribution in [0.2, 0.25) is 0 Å². The highest BCUT2D eigenvalue weighted by Crippen LogP contribution is 2.43. The average molecular weight is 404 g/mol. The summed E-state index contributed by atoms with van der Waals surface area (Å²) in [5, 5.41) is 3.15. The second-order valence-electron chi connectivity index (χ2n) is 6.37. The molecule has 5 heteroatoms. The summed E-state index contributed by atoms with van der Waals surface area (Å²) in [6.45, 7) is 1.53. The van der Waals surface area contributed by atoms with E-state index < -0.39 is 0 Å². The van der Waals surface area contributed by atoms with Gasteiger partial charge in [-0.2, -0.15) is 0 Å². The van der Waals surface area contributed by atoms with Crippen LogP contribution in [0, 0.1) is 0 Å². The molecule has 0 spiro atoms. The van der Waals surface area contributed by atoms with Crippen LogP contribution in [0.3, 0.4) is 0 Å². The standard InChI is InChI=1S/C18H27BrN2O.ClH/c19-16-9-7-15(8-10-16)18(11-5-12-18)14-21-17(22)6-3-1-2-4-13-20;/h7-10H,1-6,11-14,20H2,(H,21,22);1H. The number of amides is 1. The number of hydrogen-bond donors (Lipinski definition) is 2. The second kappa shape index (κ2) is 10.3. The van der Waals surface area contributed by atoms with Gasteiger partial charge in [0.2, 0.25) is 5.91 Å². The van der Waals surface area contributed by atoms with Gasteiger partial charge in [0.15, 0.2) is 0 Å². The first-order valence-electron chi connectivity index (χ1n) is 8.39. The van der Waals surface area contributed by atoms with E-state index in [0.29, 0.717) is 6.42 Å². The van der Waals surface area contributed by atoms with Crippen molar-refractivity contribution in [2.24, 2.45) is 5.73 Å². The van der Waals surface area contributed by atoms with Gasteiger partial charge in [0.05, 0.1) is 0 Å². The number of hydrogen-bond acceptors (Lipinski definition) is 2. The fraction of sp³-hybridized carbons (Fsp3) is 0.611. The quantitative estimate of drug-likeness (QED) is 0.603. The van der Waals surface area contributed by atoms with Gasteiger partial charge in [0.1, 0.15) is 0 Å². The maximum atomic E-state index is 12.0. The summed E-state index contributed by atoms with van der Waals surface area (Å²) in [7, 11) is 0. The Balaban J connectivity index is 0.00000264. The number of nitrogens with one attached hydrogen (secondary N) is 1. The molecule has 2 rings (SSSR count). The van der Waals surface area contributed by atoms with Crippen molar-refractivity contribution in [2.45, 2.75) is 56.8 Å². The maximum Gasteiger partial charge on any atom is 0.220 e. The number of benzene rings is 1. The zero-order valence-electron chi connectivity index (χ0n) is 13.7. The molecule has 3 nitrogen and oxygen atoms in total. The number of nitrogens with two attached hydrogens (primary N) is 1. The number of rotatable bonds is 9. The molecular weight excluding hydrogens is 376 g/mol. The molecule has 0 radical (unpaired) electrons. The Kier molecular flexibility index (Phi) is 9.18. The Bertz CT molecular complexity index is 474. The topological polar surface area (TPSA) is 55.1 Å². The van der Waals surface area contributed by atoms with Crippen molar-refractivity contribution in [2.75, 3.05) is 13.1 Å². The molecular formula is C18H28BrClN2O. The molecule has 1 aromatic carbocycles. The van der Waals surface area contributed by atoms with Crippen LogP contribution in [-0.4, -0.2) is 19.0 Å². The van der Waals surface area contributed by atoms with E-state index >= 15 is 0 Å². The van der Waals surface area contributed by atoms with E-state index in [-0.39, 0.29) is 23.7 Å². The SMILES string of the molecule is Cl.NCCCCCCC(=O)NCC1(c2ccc(Br)cc2)CCC1. The van der Waals surface area contributed by atoms with E-state index in [2.05, 4.69) is 45.5 Å². The molecule has 23 heavy (non-hydrogen) atoms. The Labute approximate surface area is 154 Å². The highest BCUT2D eigenvalue weighted by Gasteiger charge is 2.38. The number of carbonyl (C=O) groups is 1. The van der Waals surface area contributed by atoms with Gasteiger partial charge < -0.3 is 11.1 Å². The molecule has 1 saturated carbocycles. The first kappa shape index (κ1) is 20.5. The molecule has 0 aliphatic heterocycles. The second-order valence-corrected chi connectivity index (χ2v) is 7.29. The van der Waals surface area contributed by atoms with Crippen LogP contribution in [0.4, 0.5) is 0 Å². The Morgan fingerprint density at radius 1 is 1.13 bits per heavy atom. The van der Waals surface area contributed by atoms with Crippen LogP contribution >= 0.6 is 28.3 Å². The van der Waals surface area contributed by atoms with Crippen molar-refractivity contribution < 1.29 is 4.79 Å². The van der Waals surface area contributed by atoms with Crippen molar-refractivity contribution in [1.82, 2.24) is 5.32 Å². The summed E-state index contributed by atoms with van der Waals surface area (Å²) < 4.78 is 1.10. The van der Waals surface area contributed by atoms with Crippen LogP contribution < -0.4 is 11.1 Å². The van der Waals surface area contributed by atoms with Gasteiger partial charge in [-0.1, -0.05) is 47.3 Å². The van der Waals surface area contributed by atoms with E-state index in [0.717, 1.165) is 43.2 Å². The molecule has 1 aromatic rings. The number of halogens is 2. The average Bonchev–Trinajstić information content (AvgIpc) is 2.47. The van der Waals surface area contributed by atoms with Crippen LogP contribution in [-0.2, 0) is 10.2 Å². The maximum absolute atomic E-state index is 12.0. The minimum Gasteiger partial charge on any atom is -0.355 e. The molecule has 0 atom stereocenters. The molecule has 1 amide bonds. The lowest BCUT2D eigenvalue weighted by Gasteiger charge is -2.42. The molecule has 0 bridgehead atoms. The van der Waals surface area contributed by atoms with E-state index in [4.69, 9.17) is 5.73 Å². The van der Waals surface area contributed by atoms with Gasteiger partial charge in [-0.15, -0.1) is 12.4 Å². The minimum atomic E-state index is 0. The fourth-order valence-electron chi connectivity index (χ4n) is 3.11. The van der Waals surface area contributed by atoms with E-state index in [9.17, 15) is 4.79 Å². The Morgan fingerprint density at radius 3 is 2.35 bits per heavy atom. The van der Waals surface area contributed by atoms with E-state index in [1.54, 1.807) is 0 Å². The number of carbonyl (C=O) groups excluding carboxylic acids is 1. The summed E-state index contributed by atoms with van der Waals surface area (Å²) in [6.07, 6.45) is 8.50. The highest BCUT2D eigenvalue weighted by molar-refractivity contribution is 9.10. The molecule has 1 fully saturated rings. The fourth-order valence-corrected chi connectivity index (χ4v) is 3.38. The van der Waals surface area contributed by atoms with Crippen molar-refractivity contribution in [3.63, 3.8) is 0 Å². The summed E-state index contributed by atoms with van der Waals surface area (Å²) >= 11 is 3.48. The van der Waals surface area contributed by atoms with Gasteiger partial charge in [-0.05, 0) is 49.9 Å². The van der Waals surface area contributed by atoms with Crippen LogP contribution in [0.5, 0.6) is 0 Å². The van der Waals surface area contributed by atoms with Gasteiger partial charge in [0, 0.05) is 22.9 Å². The molecule has 0 unspecified atom stereocenters. The monoisotopic (exact) mass is 402 g/mol. The molecule has 130 valence electrons. The van der Waals surface area contributed by atoms with E-state index in [1.165, 1.54) is 24.8 Å². The summed E-state index contributed by atoms with van der Waals surface area (Å²) in [6, 6.07) is 8.55. The van der Waals surface area contributed by atoms with Crippen molar-refractivity contribution >= 4 is 34.2 Å². The van der Waals surface area contributed by atoms with Crippen LogP contribution in [0.1, 0.15) is 56.9 Å². The summed E-state index contributed by atoms with van der Waals surface area (Å²) in [5.74, 6) is 0.191. The van der Waals surface area contributed by atoms with Gasteiger partial charge >= 0.3 is 0 Å². The molecule has 0 aromatic heterocycles. The van der Waals surface area contributed by atoms with Crippen molar-refractivity contribution in [1.29, 1.82) is 0 Å². The molecule has 1 aliphatic rings. The lowest BCUT2D eigenvalue weighted by molar-refractivity contribution is -0.121. The van der Waals surface area contributed by atoms with Crippen LogP contribution in [0.25, 0.3) is 0 Å². The molecule has 0 heterocycles. The lowest BCUT2D eigenvalue weighted by atomic mass is 9.64. The van der Waals surface area contributed by atoms with Crippen molar-refractivity contribution in [3.8, 4) is 0 Å². The predicted molar refractivity (Wildman–Crippen MR) is 102 cm³/mol. The zero-order chi connectivity index (χ0) is 15.8. The largest absolute Gasteiger partial charge is 0.355 e. The third-order valence-corrected chi connectivity index (χ3v) is 5.28. The molecule has 3 N–H and O–H groups in total. The van der Waals surface area contributed by atoms with Crippen LogP contribution in [0.15, 0.2) is 28.7 Å². The summed E-state index contributed by atoms with van der Waals surface area (Å²) in [4.78, 5) is 12.0. The van der Waals surface area contributed by atoms with Gasteiger partial charge in [-0.25, -0.2) is 0 Å². The Hall–Kier alpha value is -0.580. The summed E-state index contributed by atoms with van der Waals surface area (Å²) in [5.41, 5.74) is 6.98. The lowest BCUT2D eigenvalue weighted by Crippen LogP contribution is -2.45. The predicted octanol–water partition coefficient (Wildman–Crippen LogP) is 4.32. The zero-order valence-corrected chi connectivity index (χ0v) is 16.1. The first-order valence-corrected chi connectivity index (χ1v) is 9.18. The van der Waals surface area contributed by atoms with Gasteiger partial charge in [0.25, 0.3) is 0 Å². The number of unbranched alkanes of at least 4 members (excludes halogenated alkanes) is 3. The normalized spacial score (nSPS) is 15.4. The molecule has 1 aliphatic carbocycles. The molecule has 0 saturated heterocycles. The smallest absolute Gasteiger partial charge is 0.220 e. The van der Waals surface area contributed by atoms with Crippen molar-refractivity contribution in [3.05, 3.63) is 34.3 Å². The first-order chi connectivity index (χ1) is 10.7. The highest BCUT2D eigenvalue weighted by atomic mass is 79.9. The van der Waals surface area contributed by atoms with Gasteiger partial charge in [-0.3, -0.25) is 4.79 Å².